The van der Waals surface area contributed by atoms with Crippen LogP contribution in [0.5, 0.6) is 0 Å². The van der Waals surface area contributed by atoms with Gasteiger partial charge in [0.25, 0.3) is 0 Å². The van der Waals surface area contributed by atoms with Crippen molar-refractivity contribution in [3.8, 4) is 45.3 Å². The maximum Gasteiger partial charge on any atom is 0.164 e. The highest BCUT2D eigenvalue weighted by Gasteiger charge is 2.18. The number of para-hydroxylation sites is 1. The summed E-state index contributed by atoms with van der Waals surface area (Å²) >= 11 is 0. The monoisotopic (exact) mass is 625 g/mol. The Hall–Kier alpha value is -6.65. The van der Waals surface area contributed by atoms with Crippen LogP contribution in [0.3, 0.4) is 0 Å². The second-order valence-electron chi connectivity index (χ2n) is 12.5. The van der Waals surface area contributed by atoms with Gasteiger partial charge in [-0.25, -0.2) is 15.0 Å². The van der Waals surface area contributed by atoms with Crippen molar-refractivity contribution >= 4 is 54.3 Å². The zero-order valence-electron chi connectivity index (χ0n) is 26.3. The third kappa shape index (κ3) is 4.65. The Labute approximate surface area is 282 Å². The molecule has 0 fully saturated rings. The quantitative estimate of drug-likeness (QED) is 0.183. The van der Waals surface area contributed by atoms with Gasteiger partial charge in [0.05, 0.1) is 0 Å². The van der Waals surface area contributed by atoms with Gasteiger partial charge in [-0.05, 0) is 79.8 Å². The molecule has 4 heteroatoms. The smallest absolute Gasteiger partial charge is 0.164 e. The normalized spacial score (nSPS) is 11.7. The lowest BCUT2D eigenvalue weighted by Gasteiger charge is -2.15. The van der Waals surface area contributed by atoms with Gasteiger partial charge >= 0.3 is 0 Å². The molecular formula is C45H27N3O. The molecule has 228 valence electrons. The molecule has 0 aliphatic heterocycles. The first-order valence-electron chi connectivity index (χ1n) is 16.4. The molecule has 0 saturated carbocycles. The topological polar surface area (TPSA) is 51.8 Å². The fourth-order valence-corrected chi connectivity index (χ4v) is 7.03. The lowest BCUT2D eigenvalue weighted by molar-refractivity contribution is 0.669. The molecule has 2 aromatic heterocycles. The van der Waals surface area contributed by atoms with Gasteiger partial charge in [-0.2, -0.15) is 0 Å². The standard InChI is InChI=1S/C45H27N3O/c1-3-11-29(12-4-1)43-46-44(30-13-5-2-6-14-30)48-45(47-43)40-24-32-16-8-7-15-31(32)23-37(40)33-21-19-28-20-22-34-26-42-39(27-38(34)36(28)25-33)35-17-9-10-18-41(35)49-42/h1-27H. The van der Waals surface area contributed by atoms with Crippen molar-refractivity contribution in [3.05, 3.63) is 164 Å². The van der Waals surface area contributed by atoms with Crippen LogP contribution in [-0.4, -0.2) is 15.0 Å². The van der Waals surface area contributed by atoms with Crippen LogP contribution >= 0.6 is 0 Å². The highest BCUT2D eigenvalue weighted by atomic mass is 16.3. The van der Waals surface area contributed by atoms with Crippen molar-refractivity contribution < 1.29 is 4.42 Å². The van der Waals surface area contributed by atoms with Crippen molar-refractivity contribution in [3.63, 3.8) is 0 Å². The molecule has 49 heavy (non-hydrogen) atoms. The summed E-state index contributed by atoms with van der Waals surface area (Å²) in [7, 11) is 0. The minimum atomic E-state index is 0.637. The maximum absolute atomic E-state index is 6.24. The molecule has 8 aromatic carbocycles. The van der Waals surface area contributed by atoms with E-state index in [1.807, 2.05) is 72.8 Å². The predicted molar refractivity (Wildman–Crippen MR) is 201 cm³/mol. The Balaban J connectivity index is 1.24. The van der Waals surface area contributed by atoms with Gasteiger partial charge in [0, 0.05) is 27.5 Å². The first-order valence-corrected chi connectivity index (χ1v) is 16.4. The average Bonchev–Trinajstić information content (AvgIpc) is 3.54. The molecular weight excluding hydrogens is 599 g/mol. The van der Waals surface area contributed by atoms with Crippen molar-refractivity contribution in [2.45, 2.75) is 0 Å². The molecule has 0 unspecified atom stereocenters. The lowest BCUT2D eigenvalue weighted by Crippen LogP contribution is -2.01. The van der Waals surface area contributed by atoms with Gasteiger partial charge in [-0.15, -0.1) is 0 Å². The van der Waals surface area contributed by atoms with E-state index in [2.05, 4.69) is 91.0 Å². The fraction of sp³-hybridized carbons (Fsp3) is 0. The molecule has 0 amide bonds. The number of hydrogen-bond acceptors (Lipinski definition) is 4. The molecule has 0 spiro atoms. The molecule has 10 rings (SSSR count). The summed E-state index contributed by atoms with van der Waals surface area (Å²) in [4.78, 5) is 15.2. The van der Waals surface area contributed by atoms with E-state index in [9.17, 15) is 0 Å². The van der Waals surface area contributed by atoms with Gasteiger partial charge in [-0.1, -0.05) is 127 Å². The minimum absolute atomic E-state index is 0.637. The molecule has 0 N–H and O–H groups in total. The fourth-order valence-electron chi connectivity index (χ4n) is 7.03. The van der Waals surface area contributed by atoms with Crippen LogP contribution in [0, 0.1) is 0 Å². The number of rotatable bonds is 4. The number of hydrogen-bond donors (Lipinski definition) is 0. The van der Waals surface area contributed by atoms with E-state index in [4.69, 9.17) is 19.4 Å². The van der Waals surface area contributed by atoms with Gasteiger partial charge in [-0.3, -0.25) is 0 Å². The van der Waals surface area contributed by atoms with Crippen LogP contribution in [-0.2, 0) is 0 Å². The van der Waals surface area contributed by atoms with Gasteiger partial charge in [0.15, 0.2) is 17.5 Å². The third-order valence-electron chi connectivity index (χ3n) is 9.47. The first-order chi connectivity index (χ1) is 24.2. The Morgan fingerprint density at radius 2 is 0.878 bits per heavy atom. The summed E-state index contributed by atoms with van der Waals surface area (Å²) in [5.74, 6) is 1.92. The highest BCUT2D eigenvalue weighted by molar-refractivity contribution is 6.17. The molecule has 0 aliphatic carbocycles. The third-order valence-corrected chi connectivity index (χ3v) is 9.47. The van der Waals surface area contributed by atoms with Crippen molar-refractivity contribution in [1.82, 2.24) is 15.0 Å². The van der Waals surface area contributed by atoms with Crippen LogP contribution in [0.25, 0.3) is 99.5 Å². The van der Waals surface area contributed by atoms with Crippen LogP contribution < -0.4 is 0 Å². The van der Waals surface area contributed by atoms with Crippen molar-refractivity contribution in [2.75, 3.05) is 0 Å². The first kappa shape index (κ1) is 27.5. The summed E-state index contributed by atoms with van der Waals surface area (Å²) in [6.07, 6.45) is 0. The number of fused-ring (bicyclic) bond motifs is 7. The van der Waals surface area contributed by atoms with E-state index >= 15 is 0 Å². The van der Waals surface area contributed by atoms with Gasteiger partial charge in [0.2, 0.25) is 0 Å². The molecule has 0 aliphatic rings. The second kappa shape index (κ2) is 11.0. The van der Waals surface area contributed by atoms with E-state index in [1.165, 1.54) is 16.2 Å². The lowest BCUT2D eigenvalue weighted by atomic mass is 9.92. The predicted octanol–water partition coefficient (Wildman–Crippen LogP) is 11.9. The van der Waals surface area contributed by atoms with E-state index in [1.54, 1.807) is 0 Å². The largest absolute Gasteiger partial charge is 0.456 e. The van der Waals surface area contributed by atoms with Crippen LogP contribution in [0.1, 0.15) is 0 Å². The molecule has 0 bridgehead atoms. The molecule has 2 heterocycles. The van der Waals surface area contributed by atoms with E-state index in [0.29, 0.717) is 17.5 Å². The van der Waals surface area contributed by atoms with Gasteiger partial charge < -0.3 is 4.42 Å². The Morgan fingerprint density at radius 3 is 1.61 bits per heavy atom. The molecule has 0 radical (unpaired) electrons. The summed E-state index contributed by atoms with van der Waals surface area (Å²) < 4.78 is 6.24. The number of benzene rings is 8. The molecule has 0 saturated heterocycles. The molecule has 4 nitrogen and oxygen atoms in total. The summed E-state index contributed by atoms with van der Waals surface area (Å²) in [6.45, 7) is 0. The highest BCUT2D eigenvalue weighted by Crippen LogP contribution is 2.40. The number of aromatic nitrogens is 3. The zero-order chi connectivity index (χ0) is 32.3. The van der Waals surface area contributed by atoms with Gasteiger partial charge in [0.1, 0.15) is 11.2 Å². The number of nitrogens with zero attached hydrogens (tertiary/aromatic N) is 3. The van der Waals surface area contributed by atoms with Crippen molar-refractivity contribution in [2.24, 2.45) is 0 Å². The van der Waals surface area contributed by atoms with Crippen LogP contribution in [0.2, 0.25) is 0 Å². The van der Waals surface area contributed by atoms with E-state index in [0.717, 1.165) is 65.9 Å². The summed E-state index contributed by atoms with van der Waals surface area (Å²) in [5.41, 5.74) is 6.82. The maximum atomic E-state index is 6.24. The van der Waals surface area contributed by atoms with E-state index < -0.39 is 0 Å². The number of furan rings is 1. The van der Waals surface area contributed by atoms with Crippen LogP contribution in [0.4, 0.5) is 0 Å². The second-order valence-corrected chi connectivity index (χ2v) is 12.5. The zero-order valence-corrected chi connectivity index (χ0v) is 26.3. The van der Waals surface area contributed by atoms with Crippen LogP contribution in [0.15, 0.2) is 168 Å². The summed E-state index contributed by atoms with van der Waals surface area (Å²) in [6, 6.07) is 57.1. The van der Waals surface area contributed by atoms with Crippen molar-refractivity contribution in [1.29, 1.82) is 0 Å². The summed E-state index contributed by atoms with van der Waals surface area (Å²) in [5, 5.41) is 9.25. The average molecular weight is 626 g/mol. The molecule has 0 atom stereocenters. The molecule has 10 aromatic rings. The Bertz CT molecular complexity index is 2820. The van der Waals surface area contributed by atoms with E-state index in [-0.39, 0.29) is 0 Å². The Kier molecular flexibility index (Phi) is 6.15. The minimum Gasteiger partial charge on any atom is -0.456 e. The Morgan fingerprint density at radius 1 is 0.306 bits per heavy atom. The SMILES string of the molecule is c1ccc(-c2nc(-c3ccccc3)nc(-c3cc4ccccc4cc3-c3ccc4ccc5cc6oc7ccccc7c6cc5c4c3)n2)cc1.